The monoisotopic (exact) mass is 1260 g/mol. The van der Waals surface area contributed by atoms with E-state index in [0.717, 1.165) is 37.8 Å². The first-order chi connectivity index (χ1) is 41.0. The van der Waals surface area contributed by atoms with E-state index in [1.54, 1.807) is 47.7 Å². The van der Waals surface area contributed by atoms with Crippen LogP contribution in [0.2, 0.25) is 30.7 Å². The number of nitrogens with zero attached hydrogens (tertiary/aromatic N) is 7. The third kappa shape index (κ3) is 16.9. The molecular weight excluding hydrogens is 1180 g/mol. The molecule has 0 fully saturated rings. The van der Waals surface area contributed by atoms with Crippen molar-refractivity contribution in [1.29, 1.82) is 0 Å². The van der Waals surface area contributed by atoms with Crippen LogP contribution in [0, 0.1) is 31.5 Å². The lowest BCUT2D eigenvalue weighted by atomic mass is 10.2. The Morgan fingerprint density at radius 3 is 2.17 bits per heavy atom. The highest BCUT2D eigenvalue weighted by Gasteiger charge is 2.51. The van der Waals surface area contributed by atoms with Crippen LogP contribution < -0.4 is 24.8 Å². The van der Waals surface area contributed by atoms with Crippen LogP contribution >= 0.6 is 22.7 Å². The molecule has 8 rings (SSSR count). The van der Waals surface area contributed by atoms with Gasteiger partial charge < -0.3 is 23.5 Å². The first-order valence-corrected chi connectivity index (χ1v) is 37.4. The number of hydrogen-bond donors (Lipinski definition) is 0. The molecule has 21 heteroatoms. The van der Waals surface area contributed by atoms with E-state index in [0.29, 0.717) is 77.6 Å². The van der Waals surface area contributed by atoms with Gasteiger partial charge in [0.15, 0.2) is 38.8 Å². The summed E-state index contributed by atoms with van der Waals surface area (Å²) in [6.45, 7) is 19.0. The topological polar surface area (TPSA) is 160 Å². The van der Waals surface area contributed by atoms with Crippen LogP contribution in [-0.2, 0) is 41.4 Å². The summed E-state index contributed by atoms with van der Waals surface area (Å²) in [7, 11) is -3.68. The number of carbonyl (C=O) groups excluding carboxylic acids is 1. The molecule has 0 spiro atoms. The molecule has 86 heavy (non-hydrogen) atoms. The first-order valence-electron chi connectivity index (χ1n) is 28.8. The van der Waals surface area contributed by atoms with Crippen molar-refractivity contribution < 1.29 is 40.4 Å². The Balaban J connectivity index is 1.15. The summed E-state index contributed by atoms with van der Waals surface area (Å²) in [6.07, 6.45) is 0.755. The molecule has 0 aliphatic heterocycles. The van der Waals surface area contributed by atoms with Gasteiger partial charge in [-0.3, -0.25) is 13.7 Å². The lowest BCUT2D eigenvalue weighted by Crippen LogP contribution is -2.68. The molecule has 5 aromatic carbocycles. The van der Waals surface area contributed by atoms with Crippen LogP contribution in [0.3, 0.4) is 0 Å². The molecule has 3 aromatic heterocycles. The zero-order valence-electron chi connectivity index (χ0n) is 51.1. The molecule has 454 valence electrons. The molecule has 0 saturated heterocycles. The molecule has 0 bridgehead atoms. The number of rotatable bonds is 27. The zero-order chi connectivity index (χ0) is 61.7. The average molecular weight is 1260 g/mol. The highest BCUT2D eigenvalue weighted by atomic mass is 32.2. The van der Waals surface area contributed by atoms with Crippen molar-refractivity contribution in [3.8, 4) is 17.6 Å². The SMILES string of the molecule is COC(=O)c1nc(N(CCCC(COS(=O)(=O)c2ccc(C)cc2)O[Si](c2ccccc2)(c2ccccc2)C(C)(C)C)c2cc(C)c(/N=c3\sc4ccccc4n3COCC[Si](C)(C)C)nn2)sc1CCCOc1ccc(C#CCN(C)C)cc1F. The molecule has 1 unspecified atom stereocenters. The summed E-state index contributed by atoms with van der Waals surface area (Å²) in [5.74, 6) is 5.82. The number of para-hydroxylation sites is 1. The number of methoxy groups -OCH3 is 1. The second-order valence-corrected chi connectivity index (χ2v) is 37.2. The standard InChI is InChI=1S/C65H78FN7O8S3Si2/c1-47-32-35-51(36-33-47)84(75,76)80-45-50(81-86(65(3,4)5,52-25-14-12-15-26-52)53-27-16-13-17-28-53)24-21-39-72(59-43-48(2)61(70-69-59)68-64-73(46-78-41-42-85(9,10)11)55-29-18-19-30-57(55)82-64)63-67-60(62(74)77-8)58(83-63)31-22-40-79-56-37-34-49(44-54(56)66)23-20-38-71(6)7/h12-19,25-30,32-37,43-44,50H,21-22,24,31,38-42,45-46H2,1-11H3/b68-64-. The summed E-state index contributed by atoms with van der Waals surface area (Å²) < 4.78 is 77.6. The van der Waals surface area contributed by atoms with Gasteiger partial charge >= 0.3 is 5.97 Å². The van der Waals surface area contributed by atoms with Crippen LogP contribution in [0.15, 0.2) is 143 Å². The number of ether oxygens (including phenoxy) is 3. The first kappa shape index (κ1) is 65.3. The van der Waals surface area contributed by atoms with Gasteiger partial charge in [0.25, 0.3) is 18.4 Å². The van der Waals surface area contributed by atoms with Crippen molar-refractivity contribution in [3.63, 3.8) is 0 Å². The lowest BCUT2D eigenvalue weighted by molar-refractivity contribution is 0.0593. The van der Waals surface area contributed by atoms with E-state index in [2.05, 4.69) is 93.2 Å². The largest absolute Gasteiger partial charge is 0.491 e. The lowest BCUT2D eigenvalue weighted by Gasteiger charge is -2.45. The van der Waals surface area contributed by atoms with E-state index in [9.17, 15) is 13.2 Å². The summed E-state index contributed by atoms with van der Waals surface area (Å²) in [5.41, 5.74) is 3.33. The minimum absolute atomic E-state index is 0.0471. The van der Waals surface area contributed by atoms with Crippen LogP contribution in [-0.4, -0.2) is 116 Å². The number of carbonyl (C=O) groups is 1. The normalized spacial score (nSPS) is 12.8. The summed E-state index contributed by atoms with van der Waals surface area (Å²) in [5, 5.41) is 11.6. The number of esters is 1. The van der Waals surface area contributed by atoms with Gasteiger partial charge in [0.1, 0.15) is 6.73 Å². The Labute approximate surface area is 516 Å². The third-order valence-electron chi connectivity index (χ3n) is 14.3. The van der Waals surface area contributed by atoms with Crippen molar-refractivity contribution in [1.82, 2.24) is 24.6 Å². The number of halogens is 1. The number of aromatic nitrogens is 4. The van der Waals surface area contributed by atoms with Crippen molar-refractivity contribution >= 4 is 92.5 Å². The number of fused-ring (bicyclic) bond motifs is 1. The van der Waals surface area contributed by atoms with E-state index < -0.39 is 49.4 Å². The number of aryl methyl sites for hydroxylation is 3. The second-order valence-electron chi connectivity index (χ2n) is 23.6. The predicted octanol–water partition coefficient (Wildman–Crippen LogP) is 12.2. The van der Waals surface area contributed by atoms with Crippen molar-refractivity contribution in [2.24, 2.45) is 4.99 Å². The quantitative estimate of drug-likeness (QED) is 0.0157. The van der Waals surface area contributed by atoms with Gasteiger partial charge in [-0.15, -0.1) is 21.5 Å². The predicted molar refractivity (Wildman–Crippen MR) is 348 cm³/mol. The summed E-state index contributed by atoms with van der Waals surface area (Å²) in [6, 6.07) is 42.7. The van der Waals surface area contributed by atoms with Crippen LogP contribution in [0.1, 0.15) is 72.1 Å². The summed E-state index contributed by atoms with van der Waals surface area (Å²) >= 11 is 2.85. The Morgan fingerprint density at radius 1 is 0.849 bits per heavy atom. The van der Waals surface area contributed by atoms with Crippen LogP contribution in [0.25, 0.3) is 10.2 Å². The maximum absolute atomic E-state index is 15.2. The molecule has 0 aliphatic rings. The third-order valence-corrected chi connectivity index (χ3v) is 24.6. The minimum atomic E-state index is -4.22. The van der Waals surface area contributed by atoms with Gasteiger partial charge in [-0.2, -0.15) is 13.4 Å². The van der Waals surface area contributed by atoms with E-state index in [1.807, 2.05) is 92.3 Å². The molecule has 0 saturated carbocycles. The second kappa shape index (κ2) is 29.3. The Kier molecular flexibility index (Phi) is 22.2. The highest BCUT2D eigenvalue weighted by Crippen LogP contribution is 2.39. The van der Waals surface area contributed by atoms with Gasteiger partial charge in [0.2, 0.25) is 0 Å². The number of thiazole rings is 2. The smallest absolute Gasteiger partial charge is 0.357 e. The van der Waals surface area contributed by atoms with Gasteiger partial charge in [-0.1, -0.05) is 154 Å². The van der Waals surface area contributed by atoms with Gasteiger partial charge in [0, 0.05) is 31.7 Å². The Bertz CT molecular complexity index is 3780. The Hall–Kier alpha value is -6.72. The molecular formula is C65H78FN7O8S3Si2. The fourth-order valence-electron chi connectivity index (χ4n) is 9.69. The number of anilines is 2. The Morgan fingerprint density at radius 2 is 1.53 bits per heavy atom. The average Bonchev–Trinajstić information content (AvgIpc) is 1.34. The van der Waals surface area contributed by atoms with Crippen molar-refractivity contribution in [2.45, 2.75) is 109 Å². The number of benzene rings is 5. The maximum Gasteiger partial charge on any atom is 0.357 e. The fraction of sp³-hybridized carbons (Fsp3) is 0.369. The van der Waals surface area contributed by atoms with E-state index in [1.165, 1.54) is 24.5 Å². The van der Waals surface area contributed by atoms with Crippen LogP contribution in [0.5, 0.6) is 5.75 Å². The fourth-order valence-corrected chi connectivity index (χ4v) is 18.2. The molecule has 3 heterocycles. The minimum Gasteiger partial charge on any atom is -0.491 e. The van der Waals surface area contributed by atoms with Crippen LogP contribution in [0.4, 0.5) is 21.2 Å². The van der Waals surface area contributed by atoms with Gasteiger partial charge in [-0.05, 0) is 129 Å². The maximum atomic E-state index is 15.2. The zero-order valence-corrected chi connectivity index (χ0v) is 55.5. The number of hydrogen-bond acceptors (Lipinski definition) is 16. The molecule has 15 nitrogen and oxygen atoms in total. The van der Waals surface area contributed by atoms with Crippen molar-refractivity contribution in [2.75, 3.05) is 59.0 Å². The summed E-state index contributed by atoms with van der Waals surface area (Å²) in [4.78, 5) is 28.9. The molecule has 0 N–H and O–H groups in total. The molecule has 0 aliphatic carbocycles. The van der Waals surface area contributed by atoms with Gasteiger partial charge in [-0.25, -0.2) is 14.2 Å². The van der Waals surface area contributed by atoms with E-state index in [-0.39, 0.29) is 36.1 Å². The highest BCUT2D eigenvalue weighted by molar-refractivity contribution is 7.86. The molecule has 0 amide bonds. The van der Waals surface area contributed by atoms with E-state index in [4.69, 9.17) is 43.0 Å². The van der Waals surface area contributed by atoms with E-state index >= 15 is 4.39 Å². The van der Waals surface area contributed by atoms with Crippen molar-refractivity contribution in [3.05, 3.63) is 171 Å². The molecule has 0 radical (unpaired) electrons. The molecule has 1 atom stereocenters. The molecule has 8 aromatic rings. The van der Waals surface area contributed by atoms with Gasteiger partial charge in [0.05, 0.1) is 48.1 Å².